The van der Waals surface area contributed by atoms with Gasteiger partial charge in [0, 0.05) is 20.1 Å². The van der Waals surface area contributed by atoms with Gasteiger partial charge in [-0.15, -0.1) is 0 Å². The van der Waals surface area contributed by atoms with Crippen molar-refractivity contribution in [3.63, 3.8) is 0 Å². The number of halogens is 1. The number of rotatable bonds is 4. The minimum Gasteiger partial charge on any atom is -0.384 e. The lowest BCUT2D eigenvalue weighted by atomic mass is 9.97. The van der Waals surface area contributed by atoms with Gasteiger partial charge in [0.2, 0.25) is 0 Å². The van der Waals surface area contributed by atoms with Crippen LogP contribution >= 0.6 is 23.0 Å². The Kier molecular flexibility index (Phi) is 5.49. The Hall–Kier alpha value is 0.570. The van der Waals surface area contributed by atoms with Gasteiger partial charge in [-0.05, 0) is 0 Å². The van der Waals surface area contributed by atoms with Gasteiger partial charge in [0.15, 0.2) is 0 Å². The van der Waals surface area contributed by atoms with Crippen LogP contribution in [0.4, 0.5) is 0 Å². The van der Waals surface area contributed by atoms with E-state index in [4.69, 9.17) is 17.3 Å². The van der Waals surface area contributed by atoms with Crippen LogP contribution in [0.2, 0.25) is 0 Å². The third kappa shape index (κ3) is 3.02. The molecule has 5 heteroatoms. The van der Waals surface area contributed by atoms with Crippen molar-refractivity contribution in [1.29, 1.82) is 0 Å². The maximum Gasteiger partial charge on any atom is 0.110 e. The first kappa shape index (κ1) is 11.6. The molecule has 0 bridgehead atoms. The predicted molar refractivity (Wildman–Crippen MR) is 55.9 cm³/mol. The predicted octanol–water partition coefficient (Wildman–Crippen LogP) is 1.03. The summed E-state index contributed by atoms with van der Waals surface area (Å²) in [6.45, 7) is 1.93. The zero-order chi connectivity index (χ0) is 9.68. The molecule has 1 aliphatic rings. The van der Waals surface area contributed by atoms with E-state index < -0.39 is 0 Å². The number of hydrogen-bond acceptors (Lipinski definition) is 4. The topological polar surface area (TPSA) is 36.9 Å². The van der Waals surface area contributed by atoms with Crippen LogP contribution in [0.1, 0.15) is 0 Å². The Morgan fingerprint density at radius 3 is 2.69 bits per heavy atom. The summed E-state index contributed by atoms with van der Waals surface area (Å²) in [7, 11) is 3.35. The van der Waals surface area contributed by atoms with Crippen LogP contribution in [-0.2, 0) is 17.3 Å². The van der Waals surface area contributed by atoms with Gasteiger partial charge in [0.05, 0.1) is 19.8 Å². The summed E-state index contributed by atoms with van der Waals surface area (Å²) in [6, 6.07) is 0. The lowest BCUT2D eigenvalue weighted by molar-refractivity contribution is -0.125. The molecule has 13 heavy (non-hydrogen) atoms. The van der Waals surface area contributed by atoms with E-state index >= 15 is 0 Å². The Labute approximate surface area is 92.6 Å². The summed E-state index contributed by atoms with van der Waals surface area (Å²) >= 11 is 1.91. The lowest BCUT2D eigenvalue weighted by Gasteiger charge is -2.34. The van der Waals surface area contributed by atoms with E-state index in [-0.39, 0.29) is 18.1 Å². The standard InChI is InChI=1S/C8H15IO4/c1-10-3-6-4-12-5-7(11-2)8(6)13-9/h6-8H,3-5H2,1-2H3/t6?,7-,8?/m1/s1. The fourth-order valence-electron chi connectivity index (χ4n) is 1.52. The van der Waals surface area contributed by atoms with Crippen LogP contribution in [-0.4, -0.2) is 46.2 Å². The molecule has 1 rings (SSSR count). The molecule has 0 aromatic rings. The maximum absolute atomic E-state index is 5.38. The summed E-state index contributed by atoms with van der Waals surface area (Å²) in [4.78, 5) is 0. The maximum atomic E-state index is 5.38. The van der Waals surface area contributed by atoms with Gasteiger partial charge in [0.25, 0.3) is 0 Å². The Morgan fingerprint density at radius 2 is 2.15 bits per heavy atom. The van der Waals surface area contributed by atoms with Crippen molar-refractivity contribution in [3.8, 4) is 0 Å². The van der Waals surface area contributed by atoms with E-state index in [9.17, 15) is 0 Å². The Morgan fingerprint density at radius 1 is 1.38 bits per heavy atom. The first-order chi connectivity index (χ1) is 6.33. The monoisotopic (exact) mass is 302 g/mol. The van der Waals surface area contributed by atoms with Crippen molar-refractivity contribution in [3.05, 3.63) is 0 Å². The van der Waals surface area contributed by atoms with E-state index in [0.717, 1.165) is 0 Å². The highest BCUT2D eigenvalue weighted by Crippen LogP contribution is 2.22. The smallest absolute Gasteiger partial charge is 0.110 e. The van der Waals surface area contributed by atoms with Crippen LogP contribution in [0, 0.1) is 5.92 Å². The molecule has 1 saturated heterocycles. The number of hydrogen-bond donors (Lipinski definition) is 0. The van der Waals surface area contributed by atoms with Gasteiger partial charge in [-0.1, -0.05) is 0 Å². The highest BCUT2D eigenvalue weighted by Gasteiger charge is 2.34. The van der Waals surface area contributed by atoms with E-state index in [0.29, 0.717) is 19.8 Å². The first-order valence-corrected chi connectivity index (χ1v) is 5.08. The second-order valence-corrected chi connectivity index (χ2v) is 3.59. The van der Waals surface area contributed by atoms with Crippen molar-refractivity contribution in [2.75, 3.05) is 34.0 Å². The zero-order valence-corrected chi connectivity index (χ0v) is 10.0. The quantitative estimate of drug-likeness (QED) is 0.727. The highest BCUT2D eigenvalue weighted by molar-refractivity contribution is 14.1. The molecule has 1 aliphatic heterocycles. The van der Waals surface area contributed by atoms with Gasteiger partial charge >= 0.3 is 0 Å². The average molecular weight is 302 g/mol. The summed E-state index contributed by atoms with van der Waals surface area (Å²) in [6.07, 6.45) is 0.0881. The van der Waals surface area contributed by atoms with Crippen molar-refractivity contribution in [1.82, 2.24) is 0 Å². The van der Waals surface area contributed by atoms with Gasteiger partial charge in [-0.25, -0.2) is 0 Å². The molecule has 0 aliphatic carbocycles. The molecule has 4 nitrogen and oxygen atoms in total. The normalized spacial score (nSPS) is 34.8. The average Bonchev–Trinajstić information content (AvgIpc) is 2.18. The molecule has 0 N–H and O–H groups in total. The minimum absolute atomic E-state index is 0.0193. The lowest BCUT2D eigenvalue weighted by Crippen LogP contribution is -2.47. The molecule has 1 heterocycles. The van der Waals surface area contributed by atoms with Crippen molar-refractivity contribution < 1.29 is 17.3 Å². The van der Waals surface area contributed by atoms with Crippen LogP contribution in [0.3, 0.4) is 0 Å². The molecule has 3 atom stereocenters. The molecule has 0 spiro atoms. The molecule has 0 aromatic heterocycles. The van der Waals surface area contributed by atoms with Crippen LogP contribution in [0.15, 0.2) is 0 Å². The third-order valence-electron chi connectivity index (χ3n) is 2.23. The van der Waals surface area contributed by atoms with Crippen LogP contribution in [0.25, 0.3) is 0 Å². The molecular formula is C8H15IO4. The molecule has 2 unspecified atom stereocenters. The molecule has 1 fully saturated rings. The molecule has 0 amide bonds. The van der Waals surface area contributed by atoms with Crippen molar-refractivity contribution >= 4 is 23.0 Å². The third-order valence-corrected chi connectivity index (χ3v) is 2.82. The van der Waals surface area contributed by atoms with E-state index in [2.05, 4.69) is 0 Å². The summed E-state index contributed by atoms with van der Waals surface area (Å²) in [5.41, 5.74) is 0. The highest BCUT2D eigenvalue weighted by atomic mass is 127. The number of methoxy groups -OCH3 is 2. The summed E-state index contributed by atoms with van der Waals surface area (Å²) in [5, 5.41) is 0. The SMILES string of the molecule is COCC1COC[C@@H](OC)C1OI. The van der Waals surface area contributed by atoms with Gasteiger partial charge in [-0.2, -0.15) is 0 Å². The zero-order valence-electron chi connectivity index (χ0n) is 7.86. The second kappa shape index (κ2) is 6.13. The molecule has 78 valence electrons. The van der Waals surface area contributed by atoms with E-state index in [1.165, 1.54) is 0 Å². The van der Waals surface area contributed by atoms with Crippen LogP contribution in [0.5, 0.6) is 0 Å². The molecule has 0 aromatic carbocycles. The number of ether oxygens (including phenoxy) is 3. The molecule has 0 saturated carbocycles. The minimum atomic E-state index is 0.0193. The van der Waals surface area contributed by atoms with Gasteiger partial charge < -0.3 is 17.3 Å². The van der Waals surface area contributed by atoms with E-state index in [1.54, 1.807) is 14.2 Å². The molecule has 0 radical (unpaired) electrons. The van der Waals surface area contributed by atoms with Crippen molar-refractivity contribution in [2.24, 2.45) is 5.92 Å². The second-order valence-electron chi connectivity index (χ2n) is 3.08. The van der Waals surface area contributed by atoms with E-state index in [1.807, 2.05) is 23.0 Å². The molecular weight excluding hydrogens is 287 g/mol. The fourth-order valence-corrected chi connectivity index (χ4v) is 2.26. The van der Waals surface area contributed by atoms with Crippen LogP contribution < -0.4 is 0 Å². The Bertz CT molecular complexity index is 142. The van der Waals surface area contributed by atoms with Gasteiger partial charge in [0.1, 0.15) is 35.2 Å². The van der Waals surface area contributed by atoms with Crippen molar-refractivity contribution in [2.45, 2.75) is 12.2 Å². The first-order valence-electron chi connectivity index (χ1n) is 4.20. The Balaban J connectivity index is 2.50. The summed E-state index contributed by atoms with van der Waals surface area (Å²) < 4.78 is 21.1. The fraction of sp³-hybridized carbons (Fsp3) is 1.00. The largest absolute Gasteiger partial charge is 0.384 e. The van der Waals surface area contributed by atoms with Gasteiger partial charge in [-0.3, -0.25) is 0 Å². The summed E-state index contributed by atoms with van der Waals surface area (Å²) in [5.74, 6) is 0.264.